The number of aryl methyl sites for hydroxylation is 1. The number of nitrogens with one attached hydrogen (secondary N) is 1. The van der Waals surface area contributed by atoms with Crippen LogP contribution in [0.1, 0.15) is 22.9 Å². The second-order valence-corrected chi connectivity index (χ2v) is 4.17. The molecule has 0 aliphatic carbocycles. The Bertz CT molecular complexity index is 468. The van der Waals surface area contributed by atoms with E-state index in [9.17, 15) is 0 Å². The highest BCUT2D eigenvalue weighted by molar-refractivity contribution is 5.21. The minimum Gasteiger partial charge on any atom is -0.271 e. The highest BCUT2D eigenvalue weighted by Crippen LogP contribution is 2.16. The van der Waals surface area contributed by atoms with Gasteiger partial charge in [0.25, 0.3) is 0 Å². The maximum absolute atomic E-state index is 5.61. The monoisotopic (exact) mass is 227 g/mol. The van der Waals surface area contributed by atoms with Crippen LogP contribution in [0.4, 0.5) is 0 Å². The van der Waals surface area contributed by atoms with Gasteiger partial charge in [-0.2, -0.15) is 0 Å². The van der Waals surface area contributed by atoms with Gasteiger partial charge in [0.2, 0.25) is 0 Å². The van der Waals surface area contributed by atoms with Crippen molar-refractivity contribution in [2.24, 2.45) is 5.84 Å². The third-order valence-corrected chi connectivity index (χ3v) is 2.78. The van der Waals surface area contributed by atoms with Gasteiger partial charge in [-0.15, -0.1) is 0 Å². The lowest BCUT2D eigenvalue weighted by molar-refractivity contribution is 0.538. The highest BCUT2D eigenvalue weighted by Gasteiger charge is 2.11. The fourth-order valence-corrected chi connectivity index (χ4v) is 1.85. The Morgan fingerprint density at radius 3 is 2.65 bits per heavy atom. The molecule has 0 aliphatic rings. The van der Waals surface area contributed by atoms with Gasteiger partial charge in [-0.1, -0.05) is 30.3 Å². The number of nitrogens with two attached hydrogens (primary N) is 1. The molecular formula is C14H17N3. The van der Waals surface area contributed by atoms with Crippen molar-refractivity contribution in [2.75, 3.05) is 0 Å². The number of nitrogens with zero attached hydrogens (tertiary/aromatic N) is 1. The van der Waals surface area contributed by atoms with Crippen LogP contribution in [0, 0.1) is 6.92 Å². The molecule has 0 fully saturated rings. The quantitative estimate of drug-likeness (QED) is 0.621. The molecule has 0 aliphatic heterocycles. The molecule has 3 N–H and O–H groups in total. The van der Waals surface area contributed by atoms with Crippen molar-refractivity contribution in [3.05, 3.63) is 65.5 Å². The molecule has 1 aromatic carbocycles. The Balaban J connectivity index is 2.17. The van der Waals surface area contributed by atoms with Crippen molar-refractivity contribution < 1.29 is 0 Å². The molecule has 1 atom stereocenters. The molecule has 0 saturated heterocycles. The predicted octanol–water partition coefficient (Wildman–Crippen LogP) is 2.14. The van der Waals surface area contributed by atoms with E-state index in [0.717, 1.165) is 12.1 Å². The average Bonchev–Trinajstić information content (AvgIpc) is 2.37. The molecule has 0 amide bonds. The van der Waals surface area contributed by atoms with Crippen LogP contribution in [0.25, 0.3) is 0 Å². The molecule has 3 nitrogen and oxygen atoms in total. The van der Waals surface area contributed by atoms with Crippen LogP contribution in [0.2, 0.25) is 0 Å². The van der Waals surface area contributed by atoms with Crippen molar-refractivity contribution in [2.45, 2.75) is 19.4 Å². The Morgan fingerprint density at radius 1 is 1.24 bits per heavy atom. The first kappa shape index (κ1) is 11.8. The maximum atomic E-state index is 5.61. The minimum absolute atomic E-state index is 0.0531. The summed E-state index contributed by atoms with van der Waals surface area (Å²) in [5.41, 5.74) is 6.26. The van der Waals surface area contributed by atoms with Gasteiger partial charge in [0, 0.05) is 6.20 Å². The van der Waals surface area contributed by atoms with Gasteiger partial charge >= 0.3 is 0 Å². The third-order valence-electron chi connectivity index (χ3n) is 2.78. The molecule has 2 aromatic rings. The number of hydrogen-bond acceptors (Lipinski definition) is 3. The highest BCUT2D eigenvalue weighted by atomic mass is 15.2. The van der Waals surface area contributed by atoms with E-state index < -0.39 is 0 Å². The zero-order valence-corrected chi connectivity index (χ0v) is 9.93. The summed E-state index contributed by atoms with van der Waals surface area (Å²) >= 11 is 0. The SMILES string of the molecule is Cc1ccnc(C(Cc2ccccc2)NN)c1. The standard InChI is InChI=1S/C14H17N3/c1-11-7-8-16-13(9-11)14(17-15)10-12-5-3-2-4-6-12/h2-9,14,17H,10,15H2,1H3. The van der Waals surface area contributed by atoms with Crippen LogP contribution >= 0.6 is 0 Å². The number of aromatic nitrogens is 1. The number of hydrazine groups is 1. The van der Waals surface area contributed by atoms with Crippen molar-refractivity contribution in [3.63, 3.8) is 0 Å². The maximum Gasteiger partial charge on any atom is 0.0672 e. The molecule has 0 spiro atoms. The van der Waals surface area contributed by atoms with Gasteiger partial charge in [-0.05, 0) is 36.6 Å². The lowest BCUT2D eigenvalue weighted by Gasteiger charge is -2.15. The summed E-state index contributed by atoms with van der Waals surface area (Å²) in [7, 11) is 0. The topological polar surface area (TPSA) is 50.9 Å². The third kappa shape index (κ3) is 3.12. The number of hydrogen-bond donors (Lipinski definition) is 2. The summed E-state index contributed by atoms with van der Waals surface area (Å²) in [6.45, 7) is 2.06. The first-order chi connectivity index (χ1) is 8.29. The van der Waals surface area contributed by atoms with Crippen LogP contribution in [0.3, 0.4) is 0 Å². The van der Waals surface area contributed by atoms with Gasteiger partial charge in [0.05, 0.1) is 11.7 Å². The van der Waals surface area contributed by atoms with E-state index in [1.807, 2.05) is 30.5 Å². The Labute approximate surface area is 102 Å². The molecule has 88 valence electrons. The van der Waals surface area contributed by atoms with Crippen molar-refractivity contribution in [1.29, 1.82) is 0 Å². The van der Waals surface area contributed by atoms with E-state index in [-0.39, 0.29) is 6.04 Å². The van der Waals surface area contributed by atoms with Gasteiger partial charge in [-0.25, -0.2) is 0 Å². The zero-order chi connectivity index (χ0) is 12.1. The van der Waals surface area contributed by atoms with Crippen molar-refractivity contribution in [3.8, 4) is 0 Å². The molecule has 0 radical (unpaired) electrons. The van der Waals surface area contributed by atoms with Gasteiger partial charge < -0.3 is 0 Å². The van der Waals surface area contributed by atoms with Crippen LogP contribution in [-0.4, -0.2) is 4.98 Å². The number of benzene rings is 1. The van der Waals surface area contributed by atoms with E-state index in [2.05, 4.69) is 35.5 Å². The first-order valence-corrected chi connectivity index (χ1v) is 5.72. The van der Waals surface area contributed by atoms with Crippen LogP contribution in [0.5, 0.6) is 0 Å². The fourth-order valence-electron chi connectivity index (χ4n) is 1.85. The van der Waals surface area contributed by atoms with Gasteiger partial charge in [-0.3, -0.25) is 16.3 Å². The average molecular weight is 227 g/mol. The summed E-state index contributed by atoms with van der Waals surface area (Å²) in [6, 6.07) is 14.4. The molecule has 1 unspecified atom stereocenters. The second kappa shape index (κ2) is 5.57. The Morgan fingerprint density at radius 2 is 2.00 bits per heavy atom. The smallest absolute Gasteiger partial charge is 0.0672 e. The molecular weight excluding hydrogens is 210 g/mol. The Hall–Kier alpha value is -1.71. The van der Waals surface area contributed by atoms with E-state index >= 15 is 0 Å². The molecule has 3 heteroatoms. The lowest BCUT2D eigenvalue weighted by Crippen LogP contribution is -2.30. The predicted molar refractivity (Wildman–Crippen MR) is 69.2 cm³/mol. The number of pyridine rings is 1. The Kier molecular flexibility index (Phi) is 3.85. The molecule has 1 aromatic heterocycles. The van der Waals surface area contributed by atoms with E-state index in [4.69, 9.17) is 5.84 Å². The first-order valence-electron chi connectivity index (χ1n) is 5.72. The minimum atomic E-state index is 0.0531. The molecule has 0 bridgehead atoms. The fraction of sp³-hybridized carbons (Fsp3) is 0.214. The van der Waals surface area contributed by atoms with Crippen LogP contribution < -0.4 is 11.3 Å². The molecule has 2 rings (SSSR count). The summed E-state index contributed by atoms with van der Waals surface area (Å²) < 4.78 is 0. The number of rotatable bonds is 4. The summed E-state index contributed by atoms with van der Waals surface area (Å²) in [5.74, 6) is 5.61. The summed E-state index contributed by atoms with van der Waals surface area (Å²) in [6.07, 6.45) is 2.66. The van der Waals surface area contributed by atoms with E-state index in [1.54, 1.807) is 0 Å². The van der Waals surface area contributed by atoms with Crippen molar-refractivity contribution >= 4 is 0 Å². The molecule has 1 heterocycles. The van der Waals surface area contributed by atoms with Crippen LogP contribution in [0.15, 0.2) is 48.7 Å². The summed E-state index contributed by atoms with van der Waals surface area (Å²) in [4.78, 5) is 4.36. The zero-order valence-electron chi connectivity index (χ0n) is 9.93. The van der Waals surface area contributed by atoms with Gasteiger partial charge in [0.1, 0.15) is 0 Å². The van der Waals surface area contributed by atoms with Crippen molar-refractivity contribution in [1.82, 2.24) is 10.4 Å². The molecule has 0 saturated carbocycles. The van der Waals surface area contributed by atoms with Crippen LogP contribution in [-0.2, 0) is 6.42 Å². The van der Waals surface area contributed by atoms with E-state index in [1.165, 1.54) is 11.1 Å². The second-order valence-electron chi connectivity index (χ2n) is 4.17. The molecule has 17 heavy (non-hydrogen) atoms. The normalized spacial score (nSPS) is 12.4. The lowest BCUT2D eigenvalue weighted by atomic mass is 10.0. The summed E-state index contributed by atoms with van der Waals surface area (Å²) in [5, 5.41) is 0. The largest absolute Gasteiger partial charge is 0.271 e. The van der Waals surface area contributed by atoms with E-state index in [0.29, 0.717) is 0 Å². The van der Waals surface area contributed by atoms with Gasteiger partial charge in [0.15, 0.2) is 0 Å².